The summed E-state index contributed by atoms with van der Waals surface area (Å²) in [6.45, 7) is 36.1. The molecule has 0 amide bonds. The van der Waals surface area contributed by atoms with E-state index in [2.05, 4.69) is 527 Å². The van der Waals surface area contributed by atoms with E-state index in [1.54, 1.807) is 0 Å². The third-order valence-electron chi connectivity index (χ3n) is 26.8. The maximum atomic E-state index is 2.56. The first-order valence-corrected chi connectivity index (χ1v) is 45.1. The Kier molecular flexibility index (Phi) is 24.9. The van der Waals surface area contributed by atoms with Crippen molar-refractivity contribution in [2.45, 2.75) is 123 Å². The van der Waals surface area contributed by atoms with Crippen molar-refractivity contribution in [1.29, 1.82) is 0 Å². The van der Waals surface area contributed by atoms with E-state index >= 15 is 0 Å². The molecule has 0 aliphatic carbocycles. The molecule has 8 heterocycles. The first kappa shape index (κ1) is 87.2. The Morgan fingerprint density at radius 2 is 0.472 bits per heavy atom. The van der Waals surface area contributed by atoms with Crippen molar-refractivity contribution < 1.29 is 18.3 Å². The molecule has 127 heavy (non-hydrogen) atoms. The number of rotatable bonds is 13. The van der Waals surface area contributed by atoms with Gasteiger partial charge in [0.25, 0.3) is 23.3 Å². The summed E-state index contributed by atoms with van der Waals surface area (Å²) in [5.41, 5.74) is 40.2. The Hall–Kier alpha value is -13.3. The van der Waals surface area contributed by atoms with Gasteiger partial charge in [-0.1, -0.05) is 252 Å². The van der Waals surface area contributed by atoms with Gasteiger partial charge in [-0.3, -0.25) is 19.2 Å². The predicted molar refractivity (Wildman–Crippen MR) is 542 cm³/mol. The van der Waals surface area contributed by atoms with Crippen LogP contribution in [-0.4, -0.2) is 49.1 Å². The predicted octanol–water partition coefficient (Wildman–Crippen LogP) is 21.0. The summed E-state index contributed by atoms with van der Waals surface area (Å²) in [5, 5.41) is 0. The molecule has 0 radical (unpaired) electrons. The number of aromatic nitrogens is 4. The molecule has 11 aromatic carbocycles. The van der Waals surface area contributed by atoms with Gasteiger partial charge < -0.3 is 19.2 Å². The molecule has 4 aromatic heterocycles. The molecule has 0 spiro atoms. The lowest BCUT2D eigenvalue weighted by Gasteiger charge is -2.28. The molecule has 0 saturated heterocycles. The van der Waals surface area contributed by atoms with Crippen LogP contribution in [0.5, 0.6) is 0 Å². The van der Waals surface area contributed by atoms with Gasteiger partial charge in [0.2, 0.25) is 0 Å². The zero-order valence-electron chi connectivity index (χ0n) is 78.8. The van der Waals surface area contributed by atoms with Crippen LogP contribution in [0, 0.1) is 83.1 Å². The van der Waals surface area contributed by atoms with Crippen LogP contribution >= 0.6 is 0 Å². The van der Waals surface area contributed by atoms with Crippen LogP contribution in [0.2, 0.25) is 0 Å². The van der Waals surface area contributed by atoms with E-state index < -0.39 is 0 Å². The largest absolute Gasteiger partial charge is 0.543 e. The quantitative estimate of drug-likeness (QED) is 0.0836. The van der Waals surface area contributed by atoms with Crippen LogP contribution in [0.1, 0.15) is 117 Å². The number of pyridine rings is 4. The third-order valence-corrected chi connectivity index (χ3v) is 26.8. The average molecular weight is 1670 g/mol. The maximum Gasteiger partial charge on any atom is 0.543 e. The standard InChI is InChI=1S/C33H31BN3.C28H29BN3.C27H35BN3.C23H27BN3/c1-24-14-11-12-21-30(24)37-33-32(25(2)22-23-35(33)3)36(4)34(37)31-28(26-15-7-5-8-16-26)19-13-20-29(31)27-17-9-6-10-18-27;1-20-12-9-10-17-25(20)32-28-27(23(4)18-19-30(28)5)31(24-15-7-6-8-16-24)29(32)26-21(2)13-11-14-22(26)3;1-18(2)22-13-11-14-23(19(3)4)25(22)28-30(8)26-21(6)16-17-29(7)27(26)31(28)24-15-10-9-12-20(24)5;1-16-10-7-8-13-20(16)27-23-22(19(4)14-15-25(23)5)26(6)24(27)21-17(2)11-9-12-18(21)3/h5-23H,1-4H3;6-19H,1-5H3;9-19H,1-8H3;7-15H,1-6H3/q4*+1. The number of aryl methyl sites for hydroxylation is 16. The van der Waals surface area contributed by atoms with Crippen LogP contribution in [0.25, 0.3) is 22.3 Å². The lowest BCUT2D eigenvalue weighted by Crippen LogP contribution is -2.57. The minimum Gasteiger partial charge on any atom is -0.366 e. The maximum absolute atomic E-state index is 2.56. The minimum atomic E-state index is -0.0324. The lowest BCUT2D eigenvalue weighted by molar-refractivity contribution is -0.657. The molecule has 4 aliphatic rings. The van der Waals surface area contributed by atoms with Gasteiger partial charge in [0, 0.05) is 27.5 Å². The minimum absolute atomic E-state index is 0.0157. The van der Waals surface area contributed by atoms with E-state index in [9.17, 15) is 0 Å². The fourth-order valence-corrected chi connectivity index (χ4v) is 20.6. The Labute approximate surface area is 758 Å². The molecule has 634 valence electrons. The van der Waals surface area contributed by atoms with E-state index in [1.165, 1.54) is 196 Å². The summed E-state index contributed by atoms with van der Waals surface area (Å²) in [7, 11) is 15.3. The molecular weight excluding hydrogens is 1540 g/mol. The molecule has 0 bridgehead atoms. The van der Waals surface area contributed by atoms with Gasteiger partial charge in [0.15, 0.2) is 0 Å². The second kappa shape index (κ2) is 36.3. The van der Waals surface area contributed by atoms with E-state index in [4.69, 9.17) is 0 Å². The van der Waals surface area contributed by atoms with Crippen molar-refractivity contribution in [3.63, 3.8) is 0 Å². The lowest BCUT2D eigenvalue weighted by atomic mass is 9.59. The van der Waals surface area contributed by atoms with E-state index in [0.29, 0.717) is 11.8 Å². The number of para-hydroxylation sites is 5. The van der Waals surface area contributed by atoms with Gasteiger partial charge in [-0.15, -0.1) is 0 Å². The SMILES string of the molecule is Cc1ccccc1N1B(c2c(-c3ccccc3)cccc2-c2ccccc2)N(C)c2c(C)cc[n+](C)c21.Cc1ccccc1N1B(c2c(C(C)C)cccc2C(C)C)N(C)c2c(C)cc[n+](C)c21.Cc1ccccc1N1B(c2c(C)cccc2C)N(C)c2c(C)cc[n+](C)c21.Cc1ccccc1N1B(c2c(C)cccc2C)N(c2ccccc2)c2c(C)cc[n+](C)c21. The molecule has 4 aliphatic heterocycles. The zero-order chi connectivity index (χ0) is 89.7. The number of hydrogen-bond acceptors (Lipinski definition) is 8. The van der Waals surface area contributed by atoms with E-state index in [0.717, 1.165) is 0 Å². The van der Waals surface area contributed by atoms with Crippen LogP contribution in [-0.2, 0) is 28.2 Å². The first-order valence-electron chi connectivity index (χ1n) is 45.1. The van der Waals surface area contributed by atoms with Crippen molar-refractivity contribution in [2.24, 2.45) is 28.2 Å². The topological polar surface area (TPSA) is 41.4 Å². The number of benzene rings is 11. The third kappa shape index (κ3) is 15.9. The summed E-state index contributed by atoms with van der Waals surface area (Å²) in [5.74, 6) is 5.85. The van der Waals surface area contributed by atoms with Gasteiger partial charge >= 0.3 is 27.9 Å². The van der Waals surface area contributed by atoms with Gasteiger partial charge in [-0.2, -0.15) is 0 Å². The second-order valence-electron chi connectivity index (χ2n) is 36.1. The van der Waals surface area contributed by atoms with E-state index in [1.807, 2.05) is 0 Å². The van der Waals surface area contributed by atoms with Gasteiger partial charge in [0.1, 0.15) is 45.5 Å². The highest BCUT2D eigenvalue weighted by Crippen LogP contribution is 2.50. The van der Waals surface area contributed by atoms with Crippen LogP contribution in [0.3, 0.4) is 0 Å². The van der Waals surface area contributed by atoms with Crippen molar-refractivity contribution in [3.05, 3.63) is 388 Å². The molecule has 19 rings (SSSR count). The van der Waals surface area contributed by atoms with Crippen LogP contribution in [0.4, 0.5) is 74.5 Å². The normalized spacial score (nSPS) is 13.1. The molecule has 15 aromatic rings. The van der Waals surface area contributed by atoms with Crippen molar-refractivity contribution in [2.75, 3.05) is 59.6 Å². The van der Waals surface area contributed by atoms with Crippen molar-refractivity contribution >= 4 is 124 Å². The molecule has 16 heteroatoms. The highest BCUT2D eigenvalue weighted by Gasteiger charge is 2.58. The molecule has 12 nitrogen and oxygen atoms in total. The van der Waals surface area contributed by atoms with Crippen molar-refractivity contribution in [3.8, 4) is 22.3 Å². The number of anilines is 13. The van der Waals surface area contributed by atoms with Gasteiger partial charge in [-0.05, 0) is 277 Å². The summed E-state index contributed by atoms with van der Waals surface area (Å²) < 4.78 is 9.05. The molecule has 0 unspecified atom stereocenters. The van der Waals surface area contributed by atoms with E-state index in [-0.39, 0.29) is 27.9 Å². The molecule has 0 N–H and O–H groups in total. The van der Waals surface area contributed by atoms with Crippen LogP contribution < -0.4 is 78.6 Å². The van der Waals surface area contributed by atoms with Crippen molar-refractivity contribution in [1.82, 2.24) is 0 Å². The highest BCUT2D eigenvalue weighted by atomic mass is 15.4. The first-order chi connectivity index (χ1) is 61.2. The summed E-state index contributed by atoms with van der Waals surface area (Å²) in [6, 6.07) is 103. The molecular formula is C111H122B4N12+4. The van der Waals surface area contributed by atoms with Crippen LogP contribution in [0.15, 0.2) is 310 Å². The Bertz CT molecular complexity index is 6470. The fraction of sp³-hybridized carbons (Fsp3) is 0.225. The number of nitrogens with zero attached hydrogens (tertiary/aromatic N) is 12. The molecule has 0 fully saturated rings. The summed E-state index contributed by atoms with van der Waals surface area (Å²) >= 11 is 0. The zero-order valence-corrected chi connectivity index (χ0v) is 78.8. The smallest absolute Gasteiger partial charge is 0.366 e. The number of fused-ring (bicyclic) bond motifs is 4. The average Bonchev–Trinajstić information content (AvgIpc) is 1.60. The molecule has 0 saturated carbocycles. The number of hydrogen-bond donors (Lipinski definition) is 0. The fourth-order valence-electron chi connectivity index (χ4n) is 20.6. The Morgan fingerprint density at radius 3 is 0.803 bits per heavy atom. The second-order valence-corrected chi connectivity index (χ2v) is 36.1. The monoisotopic (exact) mass is 1670 g/mol. The summed E-state index contributed by atoms with van der Waals surface area (Å²) in [6.07, 6.45) is 8.71. The Balaban J connectivity index is 0.000000125. The van der Waals surface area contributed by atoms with Gasteiger partial charge in [-0.25, -0.2) is 18.3 Å². The Morgan fingerprint density at radius 1 is 0.220 bits per heavy atom. The molecule has 0 atom stereocenters. The summed E-state index contributed by atoms with van der Waals surface area (Å²) in [4.78, 5) is 20.0. The van der Waals surface area contributed by atoms with Gasteiger partial charge in [0.05, 0.1) is 53.0 Å². The highest BCUT2D eigenvalue weighted by molar-refractivity contribution is 6.86.